The number of aromatic nitrogens is 1. The third-order valence-corrected chi connectivity index (χ3v) is 4.05. The molecular formula is C7H4ClI2NO2. The molecule has 13 heavy (non-hydrogen) atoms. The Kier molecular flexibility index (Phi) is 4.17. The number of pyridine rings is 1. The topological polar surface area (TPSA) is 50.2 Å². The van der Waals surface area contributed by atoms with Gasteiger partial charge in [0.2, 0.25) is 0 Å². The summed E-state index contributed by atoms with van der Waals surface area (Å²) in [6, 6.07) is 0. The summed E-state index contributed by atoms with van der Waals surface area (Å²) in [6.07, 6.45) is 1.56. The lowest BCUT2D eigenvalue weighted by atomic mass is 10.2. The highest BCUT2D eigenvalue weighted by Gasteiger charge is 2.12. The molecule has 1 rings (SSSR count). The second-order valence-electron chi connectivity index (χ2n) is 2.26. The first-order valence-electron chi connectivity index (χ1n) is 3.22. The molecule has 3 nitrogen and oxygen atoms in total. The molecule has 0 spiro atoms. The van der Waals surface area contributed by atoms with E-state index in [2.05, 4.69) is 4.98 Å². The fraction of sp³-hybridized carbons (Fsp3) is 0.143. The molecular weight excluding hydrogens is 419 g/mol. The van der Waals surface area contributed by atoms with E-state index in [1.807, 2.05) is 45.2 Å². The van der Waals surface area contributed by atoms with Crippen LogP contribution in [0, 0.1) is 7.14 Å². The minimum absolute atomic E-state index is 0.0151. The maximum Gasteiger partial charge on any atom is 0.307 e. The molecule has 0 aliphatic rings. The summed E-state index contributed by atoms with van der Waals surface area (Å²) in [6.45, 7) is 0. The van der Waals surface area contributed by atoms with Gasteiger partial charge in [0.25, 0.3) is 0 Å². The third-order valence-electron chi connectivity index (χ3n) is 1.35. The Morgan fingerprint density at radius 1 is 1.62 bits per heavy atom. The highest BCUT2D eigenvalue weighted by molar-refractivity contribution is 14.1. The molecule has 0 fully saturated rings. The summed E-state index contributed by atoms with van der Waals surface area (Å²) in [5.74, 6) is -0.863. The van der Waals surface area contributed by atoms with E-state index in [1.165, 1.54) is 0 Å². The second-order valence-corrected chi connectivity index (χ2v) is 4.86. The first-order valence-corrected chi connectivity index (χ1v) is 5.76. The van der Waals surface area contributed by atoms with Gasteiger partial charge < -0.3 is 5.11 Å². The Labute approximate surface area is 107 Å². The molecule has 0 radical (unpaired) electrons. The van der Waals surface area contributed by atoms with E-state index >= 15 is 0 Å². The Morgan fingerprint density at radius 2 is 2.23 bits per heavy atom. The molecule has 0 aliphatic heterocycles. The number of carboxylic acid groups (broad SMARTS) is 1. The maximum atomic E-state index is 10.5. The predicted octanol–water partition coefficient (Wildman–Crippen LogP) is 2.57. The number of hydrogen-bond donors (Lipinski definition) is 1. The lowest BCUT2D eigenvalue weighted by Gasteiger charge is -2.04. The Hall–Kier alpha value is 0.370. The first kappa shape index (κ1) is 11.4. The molecule has 0 amide bonds. The van der Waals surface area contributed by atoms with Gasteiger partial charge in [-0.15, -0.1) is 0 Å². The highest BCUT2D eigenvalue weighted by Crippen LogP contribution is 2.24. The molecule has 0 saturated heterocycles. The number of halogens is 3. The van der Waals surface area contributed by atoms with Crippen LogP contribution in [0.2, 0.25) is 5.15 Å². The lowest BCUT2D eigenvalue weighted by molar-refractivity contribution is -0.136. The Balaban J connectivity index is 3.17. The van der Waals surface area contributed by atoms with Crippen LogP contribution >= 0.6 is 56.8 Å². The smallest absolute Gasteiger partial charge is 0.307 e. The third kappa shape index (κ3) is 2.91. The predicted molar refractivity (Wildman–Crippen MR) is 66.0 cm³/mol. The number of hydrogen-bond acceptors (Lipinski definition) is 2. The zero-order chi connectivity index (χ0) is 10.0. The van der Waals surface area contributed by atoms with Crippen LogP contribution in [0.25, 0.3) is 0 Å². The quantitative estimate of drug-likeness (QED) is 0.588. The van der Waals surface area contributed by atoms with Gasteiger partial charge in [0, 0.05) is 9.77 Å². The molecule has 0 aromatic carbocycles. The van der Waals surface area contributed by atoms with Gasteiger partial charge in [-0.25, -0.2) is 4.98 Å². The fourth-order valence-electron chi connectivity index (χ4n) is 0.791. The molecule has 0 aliphatic carbocycles. The number of carbonyl (C=O) groups is 1. The molecule has 1 N–H and O–H groups in total. The van der Waals surface area contributed by atoms with Crippen molar-refractivity contribution in [2.45, 2.75) is 6.42 Å². The van der Waals surface area contributed by atoms with Crippen LogP contribution in [0.15, 0.2) is 6.20 Å². The van der Waals surface area contributed by atoms with E-state index in [0.717, 1.165) is 9.13 Å². The second kappa shape index (κ2) is 4.74. The number of nitrogens with zero attached hydrogens (tertiary/aromatic N) is 1. The molecule has 70 valence electrons. The van der Waals surface area contributed by atoms with E-state index in [4.69, 9.17) is 16.7 Å². The van der Waals surface area contributed by atoms with Crippen molar-refractivity contribution in [3.8, 4) is 0 Å². The Bertz CT molecular complexity index is 357. The Morgan fingerprint density at radius 3 is 2.77 bits per heavy atom. The summed E-state index contributed by atoms with van der Waals surface area (Å²) >= 11 is 9.80. The van der Waals surface area contributed by atoms with Crippen molar-refractivity contribution in [3.63, 3.8) is 0 Å². The standard InChI is InChI=1S/C7H4ClI2NO2/c8-7-6(10)3(1-5(12)13)4(9)2-11-7/h2H,1H2,(H,12,13). The van der Waals surface area contributed by atoms with Crippen LogP contribution < -0.4 is 0 Å². The summed E-state index contributed by atoms with van der Waals surface area (Å²) in [4.78, 5) is 14.4. The summed E-state index contributed by atoms with van der Waals surface area (Å²) < 4.78 is 1.54. The van der Waals surface area contributed by atoms with E-state index in [1.54, 1.807) is 6.20 Å². The van der Waals surface area contributed by atoms with Gasteiger partial charge in [-0.1, -0.05) is 11.6 Å². The summed E-state index contributed by atoms with van der Waals surface area (Å²) in [5, 5.41) is 9.00. The van der Waals surface area contributed by atoms with Gasteiger partial charge in [-0.3, -0.25) is 4.79 Å². The highest BCUT2D eigenvalue weighted by atomic mass is 127. The van der Waals surface area contributed by atoms with Gasteiger partial charge in [0.05, 0.1) is 9.99 Å². The minimum Gasteiger partial charge on any atom is -0.481 e. The van der Waals surface area contributed by atoms with Gasteiger partial charge in [0.1, 0.15) is 5.15 Å². The van der Waals surface area contributed by atoms with Crippen LogP contribution in [-0.4, -0.2) is 16.1 Å². The van der Waals surface area contributed by atoms with Crippen molar-refractivity contribution in [3.05, 3.63) is 24.1 Å². The van der Waals surface area contributed by atoms with Crippen LogP contribution in [0.4, 0.5) is 0 Å². The van der Waals surface area contributed by atoms with Crippen molar-refractivity contribution in [1.29, 1.82) is 0 Å². The minimum atomic E-state index is -0.863. The van der Waals surface area contributed by atoms with Crippen molar-refractivity contribution in [2.24, 2.45) is 0 Å². The lowest BCUT2D eigenvalue weighted by Crippen LogP contribution is -2.05. The normalized spacial score (nSPS) is 10.1. The SMILES string of the molecule is O=C(O)Cc1c(I)cnc(Cl)c1I. The molecule has 0 unspecified atom stereocenters. The van der Waals surface area contributed by atoms with Crippen LogP contribution in [0.1, 0.15) is 5.56 Å². The molecule has 0 atom stereocenters. The average molecular weight is 423 g/mol. The monoisotopic (exact) mass is 423 g/mol. The van der Waals surface area contributed by atoms with Crippen LogP contribution in [-0.2, 0) is 11.2 Å². The van der Waals surface area contributed by atoms with E-state index in [0.29, 0.717) is 8.72 Å². The van der Waals surface area contributed by atoms with Gasteiger partial charge in [-0.05, 0) is 50.7 Å². The van der Waals surface area contributed by atoms with E-state index < -0.39 is 5.97 Å². The van der Waals surface area contributed by atoms with Crippen molar-refractivity contribution in [1.82, 2.24) is 4.98 Å². The average Bonchev–Trinajstić information content (AvgIpc) is 2.05. The molecule has 0 saturated carbocycles. The molecule has 6 heteroatoms. The van der Waals surface area contributed by atoms with Crippen molar-refractivity contribution in [2.75, 3.05) is 0 Å². The summed E-state index contributed by atoms with van der Waals surface area (Å²) in [5.41, 5.74) is 0.730. The molecule has 0 bridgehead atoms. The van der Waals surface area contributed by atoms with Gasteiger partial charge >= 0.3 is 5.97 Å². The van der Waals surface area contributed by atoms with Crippen LogP contribution in [0.5, 0.6) is 0 Å². The molecule has 1 aromatic heterocycles. The number of rotatable bonds is 2. The zero-order valence-corrected chi connectivity index (χ0v) is 11.3. The fourth-order valence-corrected chi connectivity index (χ4v) is 2.69. The zero-order valence-electron chi connectivity index (χ0n) is 6.22. The van der Waals surface area contributed by atoms with E-state index in [9.17, 15) is 4.79 Å². The number of aliphatic carboxylic acids is 1. The maximum absolute atomic E-state index is 10.5. The number of carboxylic acids is 1. The van der Waals surface area contributed by atoms with Crippen LogP contribution in [0.3, 0.4) is 0 Å². The van der Waals surface area contributed by atoms with Gasteiger partial charge in [-0.2, -0.15) is 0 Å². The first-order chi connectivity index (χ1) is 6.02. The van der Waals surface area contributed by atoms with Gasteiger partial charge in [0.15, 0.2) is 0 Å². The molecule has 1 aromatic rings. The van der Waals surface area contributed by atoms with Crippen molar-refractivity contribution >= 4 is 62.8 Å². The van der Waals surface area contributed by atoms with E-state index in [-0.39, 0.29) is 6.42 Å². The largest absolute Gasteiger partial charge is 0.481 e. The van der Waals surface area contributed by atoms with Crippen molar-refractivity contribution < 1.29 is 9.90 Å². The summed E-state index contributed by atoms with van der Waals surface area (Å²) in [7, 11) is 0. The molecule has 1 heterocycles.